The van der Waals surface area contributed by atoms with Gasteiger partial charge in [-0.1, -0.05) is 44.0 Å². The third-order valence-electron chi connectivity index (χ3n) is 6.61. The van der Waals surface area contributed by atoms with Crippen molar-refractivity contribution in [2.75, 3.05) is 0 Å². The lowest BCUT2D eigenvalue weighted by Gasteiger charge is -2.20. The quantitative estimate of drug-likeness (QED) is 0.127. The van der Waals surface area contributed by atoms with Crippen molar-refractivity contribution in [3.8, 4) is 0 Å². The van der Waals surface area contributed by atoms with Crippen molar-refractivity contribution in [3.63, 3.8) is 0 Å². The van der Waals surface area contributed by atoms with Gasteiger partial charge in [0.25, 0.3) is 5.56 Å². The number of hydrogen-bond donors (Lipinski definition) is 4. The maximum absolute atomic E-state index is 11.8. The molecule has 0 bridgehead atoms. The maximum atomic E-state index is 11.8. The molecule has 41 heavy (non-hydrogen) atoms. The number of fused-ring (bicyclic) bond motifs is 3. The van der Waals surface area contributed by atoms with E-state index in [-0.39, 0.29) is 5.56 Å². The van der Waals surface area contributed by atoms with Crippen LogP contribution in [0.4, 0.5) is 4.79 Å². The van der Waals surface area contributed by atoms with E-state index in [2.05, 4.69) is 19.9 Å². The predicted octanol–water partition coefficient (Wildman–Crippen LogP) is 6.90. The van der Waals surface area contributed by atoms with E-state index in [0.717, 1.165) is 21.0 Å². The van der Waals surface area contributed by atoms with Gasteiger partial charge in [-0.25, -0.2) is 14.3 Å². The summed E-state index contributed by atoms with van der Waals surface area (Å²) in [5.41, 5.74) is 3.55. The van der Waals surface area contributed by atoms with Crippen LogP contribution >= 0.6 is 35.4 Å². The first kappa shape index (κ1) is 28.3. The van der Waals surface area contributed by atoms with E-state index in [9.17, 15) is 19.5 Å². The Labute approximate surface area is 247 Å². The van der Waals surface area contributed by atoms with Crippen LogP contribution in [0, 0.1) is 4.77 Å². The predicted molar refractivity (Wildman–Crippen MR) is 162 cm³/mol. The molecule has 6 aromatic rings. The van der Waals surface area contributed by atoms with Gasteiger partial charge in [0.2, 0.25) is 0 Å². The van der Waals surface area contributed by atoms with Gasteiger partial charge in [0.05, 0.1) is 18.4 Å². The van der Waals surface area contributed by atoms with Crippen LogP contribution in [0.3, 0.4) is 0 Å². The third-order valence-corrected chi connectivity index (χ3v) is 7.41. The largest absolute Gasteiger partial charge is 0.464 e. The van der Waals surface area contributed by atoms with Crippen molar-refractivity contribution in [1.82, 2.24) is 29.1 Å². The summed E-state index contributed by atoms with van der Waals surface area (Å²) in [6.07, 6.45) is 2.98. The van der Waals surface area contributed by atoms with E-state index in [1.54, 1.807) is 22.8 Å². The summed E-state index contributed by atoms with van der Waals surface area (Å²) >= 11 is 17.3. The van der Waals surface area contributed by atoms with Crippen molar-refractivity contribution in [2.24, 2.45) is 0 Å². The second-order valence-electron chi connectivity index (χ2n) is 10.4. The Morgan fingerprint density at radius 3 is 2.44 bits per heavy atom. The first-order valence-corrected chi connectivity index (χ1v) is 13.5. The normalized spacial score (nSPS) is 11.6. The van der Waals surface area contributed by atoms with Crippen molar-refractivity contribution in [2.45, 2.75) is 32.7 Å². The number of aromatic amines is 3. The molecule has 10 nitrogen and oxygen atoms in total. The molecule has 13 heteroatoms. The summed E-state index contributed by atoms with van der Waals surface area (Å²) in [6.45, 7) is 6.09. The zero-order valence-electron chi connectivity index (χ0n) is 22.1. The number of carboxylic acid groups (broad SMARTS) is 1. The summed E-state index contributed by atoms with van der Waals surface area (Å²) in [7, 11) is 0. The first-order chi connectivity index (χ1) is 19.4. The van der Waals surface area contributed by atoms with Gasteiger partial charge in [0, 0.05) is 49.2 Å². The zero-order chi connectivity index (χ0) is 29.6. The highest BCUT2D eigenvalue weighted by molar-refractivity contribution is 7.71. The van der Waals surface area contributed by atoms with Gasteiger partial charge >= 0.3 is 6.09 Å². The highest BCUT2D eigenvalue weighted by atomic mass is 35.5. The monoisotopic (exact) mass is 610 g/mol. The van der Waals surface area contributed by atoms with Gasteiger partial charge in [0.1, 0.15) is 5.52 Å². The van der Waals surface area contributed by atoms with Crippen molar-refractivity contribution < 1.29 is 14.7 Å². The summed E-state index contributed by atoms with van der Waals surface area (Å²) in [4.78, 5) is 47.6. The Hall–Kier alpha value is -4.19. The van der Waals surface area contributed by atoms with Crippen molar-refractivity contribution in [1.29, 1.82) is 0 Å². The van der Waals surface area contributed by atoms with E-state index in [0.29, 0.717) is 61.0 Å². The van der Waals surface area contributed by atoms with Gasteiger partial charge in [0.15, 0.2) is 16.7 Å². The molecular weight excluding hydrogens is 587 g/mol. The summed E-state index contributed by atoms with van der Waals surface area (Å²) in [5, 5.41) is 12.1. The molecule has 0 saturated heterocycles. The van der Waals surface area contributed by atoms with Crippen LogP contribution in [0.25, 0.3) is 33.0 Å². The molecule has 2 aromatic carbocycles. The second-order valence-corrected chi connectivity index (χ2v) is 11.6. The lowest BCUT2D eigenvalue weighted by Crippen LogP contribution is -2.23. The van der Waals surface area contributed by atoms with Crippen molar-refractivity contribution >= 4 is 80.8 Å². The van der Waals surface area contributed by atoms with Crippen LogP contribution < -0.4 is 5.56 Å². The number of hydrogen-bond acceptors (Lipinski definition) is 5. The fourth-order valence-corrected chi connectivity index (χ4v) is 5.51. The minimum absolute atomic E-state index is 0.268. The zero-order valence-corrected chi connectivity index (χ0v) is 24.4. The van der Waals surface area contributed by atoms with Crippen LogP contribution in [0.2, 0.25) is 10.0 Å². The second kappa shape index (κ2) is 10.7. The minimum atomic E-state index is -1.11. The van der Waals surface area contributed by atoms with Gasteiger partial charge in [-0.3, -0.25) is 19.1 Å². The molecule has 0 aliphatic heterocycles. The minimum Gasteiger partial charge on any atom is -0.464 e. The smallest absolute Gasteiger partial charge is 0.416 e. The molecule has 4 N–H and O–H groups in total. The summed E-state index contributed by atoms with van der Waals surface area (Å²) in [5.74, 6) is 0. The average Bonchev–Trinajstić information content (AvgIpc) is 3.62. The number of carbonyl (C=O) groups is 2. The number of nitrogens with zero attached hydrogens (tertiary/aromatic N) is 3. The van der Waals surface area contributed by atoms with Gasteiger partial charge in [-0.15, -0.1) is 0 Å². The van der Waals surface area contributed by atoms with Crippen LogP contribution in [-0.2, 0) is 12.0 Å². The third kappa shape index (κ3) is 5.19. The molecular formula is C28H24Cl2N6O4S. The lowest BCUT2D eigenvalue weighted by atomic mass is 9.89. The topological polar surface area (TPSA) is 142 Å². The van der Waals surface area contributed by atoms with Crippen LogP contribution in [0.1, 0.15) is 42.4 Å². The standard InChI is InChI=1S/C14H10ClN5OS.C14H14ClNO3/c15-8-1-2-10-9(3-8)7(4-16-10)5-20-12-11(17-6-18-12)13(21)19-14(20)22;1-14(2,3)12-10(7-17)9-6-8(15)4-5-11(9)16(12)13(18)19/h1-4,6,16H,5H2,(H,17,18)(H,19,21,22);4-7H,1-3H3,(H,18,19). The number of imidazole rings is 1. The number of benzene rings is 2. The Bertz CT molecular complexity index is 2090. The first-order valence-electron chi connectivity index (χ1n) is 12.4. The van der Waals surface area contributed by atoms with Crippen LogP contribution in [0.15, 0.2) is 53.7 Å². The SMILES string of the molecule is CC(C)(C)c1c(C=O)c2cc(Cl)ccc2n1C(=O)O.O=c1[nH]c(=S)n(Cc2c[nH]c3ccc(Cl)cc23)c2nc[nH]c12. The molecule has 0 fully saturated rings. The lowest BCUT2D eigenvalue weighted by molar-refractivity contribution is 0.112. The number of carbonyl (C=O) groups excluding carboxylic acids is 1. The molecule has 0 saturated carbocycles. The van der Waals surface area contributed by atoms with E-state index in [4.69, 9.17) is 35.4 Å². The van der Waals surface area contributed by atoms with Crippen molar-refractivity contribution in [3.05, 3.63) is 90.9 Å². The molecule has 0 spiro atoms. The van der Waals surface area contributed by atoms with Crippen LogP contribution in [0.5, 0.6) is 0 Å². The molecule has 6 rings (SSSR count). The average molecular weight is 612 g/mol. The molecule has 4 aromatic heterocycles. The van der Waals surface area contributed by atoms with E-state index < -0.39 is 11.5 Å². The molecule has 0 unspecified atom stereocenters. The van der Waals surface area contributed by atoms with E-state index in [1.807, 2.05) is 45.2 Å². The van der Waals surface area contributed by atoms with Gasteiger partial charge < -0.3 is 15.1 Å². The summed E-state index contributed by atoms with van der Waals surface area (Å²) < 4.78 is 3.28. The maximum Gasteiger partial charge on any atom is 0.416 e. The molecule has 210 valence electrons. The highest BCUT2D eigenvalue weighted by Crippen LogP contribution is 2.34. The molecule has 4 heterocycles. The summed E-state index contributed by atoms with van der Waals surface area (Å²) in [6, 6.07) is 10.5. The van der Waals surface area contributed by atoms with E-state index in [1.165, 1.54) is 6.33 Å². The Morgan fingerprint density at radius 1 is 1.10 bits per heavy atom. The molecule has 0 aliphatic carbocycles. The number of rotatable bonds is 3. The van der Waals surface area contributed by atoms with Gasteiger partial charge in [-0.05, 0) is 54.2 Å². The van der Waals surface area contributed by atoms with Gasteiger partial charge in [-0.2, -0.15) is 0 Å². The molecule has 0 atom stereocenters. The number of nitrogens with one attached hydrogen (secondary N) is 3. The number of aldehydes is 1. The Kier molecular flexibility index (Phi) is 7.37. The Morgan fingerprint density at radius 2 is 1.78 bits per heavy atom. The molecule has 0 amide bonds. The number of halogens is 2. The fourth-order valence-electron chi connectivity index (χ4n) is 4.93. The molecule has 0 radical (unpaired) electrons. The van der Waals surface area contributed by atoms with E-state index >= 15 is 0 Å². The Balaban J connectivity index is 0.000000167. The highest BCUT2D eigenvalue weighted by Gasteiger charge is 2.29. The molecule has 0 aliphatic rings. The van der Waals surface area contributed by atoms with Crippen LogP contribution in [-0.4, -0.2) is 46.6 Å². The number of aromatic nitrogens is 6. The number of H-pyrrole nitrogens is 3. The fraction of sp³-hybridized carbons (Fsp3) is 0.179.